The molecule has 1 aromatic carbocycles. The molecule has 1 atom stereocenters. The summed E-state index contributed by atoms with van der Waals surface area (Å²) in [5.41, 5.74) is 7.58. The second-order valence-electron chi connectivity index (χ2n) is 6.28. The molecular formula is C19H22N2O3S. The molecule has 132 valence electrons. The minimum Gasteiger partial charge on any atom is -0.497 e. The number of hydrogen-bond donors (Lipinski definition) is 2. The standard InChI is InChI=1S/C19H22N2O3S/c1-3-11-7-8-14-15(9-11)25-19(16(14)17(20)22)21-18(23)12-5-4-6-13(10-12)24-2/h4-6,10-11H,3,7-9H2,1-2H3,(H2,20,22)(H,21,23)/t11-/m1/s1. The van der Waals surface area contributed by atoms with Gasteiger partial charge in [0.2, 0.25) is 0 Å². The Morgan fingerprint density at radius 3 is 2.88 bits per heavy atom. The third kappa shape index (κ3) is 3.54. The molecular weight excluding hydrogens is 336 g/mol. The van der Waals surface area contributed by atoms with Crippen molar-refractivity contribution in [3.8, 4) is 5.75 Å². The molecule has 0 saturated heterocycles. The Bertz CT molecular complexity index is 813. The van der Waals surface area contributed by atoms with Crippen LogP contribution in [0, 0.1) is 5.92 Å². The number of amides is 2. The first-order valence-electron chi connectivity index (χ1n) is 8.43. The number of nitrogens with two attached hydrogens (primary N) is 1. The van der Waals surface area contributed by atoms with Crippen LogP contribution in [0.1, 0.15) is 50.9 Å². The zero-order valence-corrected chi connectivity index (χ0v) is 15.2. The van der Waals surface area contributed by atoms with Gasteiger partial charge in [0.25, 0.3) is 11.8 Å². The molecule has 1 aliphatic rings. The van der Waals surface area contributed by atoms with Gasteiger partial charge >= 0.3 is 0 Å². The summed E-state index contributed by atoms with van der Waals surface area (Å²) in [5, 5.41) is 3.43. The number of benzene rings is 1. The van der Waals surface area contributed by atoms with E-state index in [0.717, 1.165) is 31.2 Å². The van der Waals surface area contributed by atoms with Gasteiger partial charge in [0.05, 0.1) is 12.7 Å². The third-order valence-corrected chi connectivity index (χ3v) is 5.92. The van der Waals surface area contributed by atoms with Crippen molar-refractivity contribution in [2.45, 2.75) is 32.6 Å². The molecule has 0 saturated carbocycles. The van der Waals surface area contributed by atoms with Crippen molar-refractivity contribution in [1.82, 2.24) is 0 Å². The maximum absolute atomic E-state index is 12.6. The highest BCUT2D eigenvalue weighted by Crippen LogP contribution is 2.40. The fourth-order valence-electron chi connectivity index (χ4n) is 3.29. The van der Waals surface area contributed by atoms with Crippen LogP contribution in [0.2, 0.25) is 0 Å². The van der Waals surface area contributed by atoms with E-state index in [-0.39, 0.29) is 5.91 Å². The van der Waals surface area contributed by atoms with E-state index in [1.165, 1.54) is 16.2 Å². The monoisotopic (exact) mass is 358 g/mol. The van der Waals surface area contributed by atoms with Crippen molar-refractivity contribution in [2.24, 2.45) is 11.7 Å². The maximum atomic E-state index is 12.6. The molecule has 2 amide bonds. The number of carbonyl (C=O) groups is 2. The second kappa shape index (κ2) is 7.27. The molecule has 0 radical (unpaired) electrons. The van der Waals surface area contributed by atoms with Crippen LogP contribution in [-0.2, 0) is 12.8 Å². The van der Waals surface area contributed by atoms with Crippen molar-refractivity contribution in [3.05, 3.63) is 45.8 Å². The van der Waals surface area contributed by atoms with Crippen LogP contribution in [-0.4, -0.2) is 18.9 Å². The van der Waals surface area contributed by atoms with Crippen molar-refractivity contribution in [1.29, 1.82) is 0 Å². The maximum Gasteiger partial charge on any atom is 0.256 e. The number of thiophene rings is 1. The van der Waals surface area contributed by atoms with Crippen molar-refractivity contribution < 1.29 is 14.3 Å². The van der Waals surface area contributed by atoms with E-state index < -0.39 is 5.91 Å². The highest BCUT2D eigenvalue weighted by Gasteiger charge is 2.28. The van der Waals surface area contributed by atoms with Crippen LogP contribution >= 0.6 is 11.3 Å². The molecule has 1 heterocycles. The summed E-state index contributed by atoms with van der Waals surface area (Å²) in [4.78, 5) is 25.7. The van der Waals surface area contributed by atoms with Crippen LogP contribution in [0.3, 0.4) is 0 Å². The minimum atomic E-state index is -0.478. The van der Waals surface area contributed by atoms with Gasteiger partial charge in [-0.1, -0.05) is 19.4 Å². The summed E-state index contributed by atoms with van der Waals surface area (Å²) in [6, 6.07) is 6.91. The van der Waals surface area contributed by atoms with E-state index in [9.17, 15) is 9.59 Å². The van der Waals surface area contributed by atoms with Gasteiger partial charge in [-0.05, 0) is 48.9 Å². The van der Waals surface area contributed by atoms with Crippen LogP contribution < -0.4 is 15.8 Å². The molecule has 2 aromatic rings. The first-order chi connectivity index (χ1) is 12.0. The van der Waals surface area contributed by atoms with Gasteiger partial charge in [-0.15, -0.1) is 11.3 Å². The third-order valence-electron chi connectivity index (χ3n) is 4.75. The number of rotatable bonds is 5. The van der Waals surface area contributed by atoms with Crippen LogP contribution in [0.5, 0.6) is 5.75 Å². The molecule has 5 nitrogen and oxygen atoms in total. The molecule has 3 rings (SSSR count). The number of primary amides is 1. The van der Waals surface area contributed by atoms with Crippen LogP contribution in [0.15, 0.2) is 24.3 Å². The Kier molecular flexibility index (Phi) is 5.08. The summed E-state index contributed by atoms with van der Waals surface area (Å²) in [7, 11) is 1.56. The number of nitrogens with one attached hydrogen (secondary N) is 1. The quantitative estimate of drug-likeness (QED) is 0.856. The Labute approximate surface area is 151 Å². The Hall–Kier alpha value is -2.34. The largest absolute Gasteiger partial charge is 0.497 e. The summed E-state index contributed by atoms with van der Waals surface area (Å²) >= 11 is 1.48. The van der Waals surface area contributed by atoms with Crippen molar-refractivity contribution in [2.75, 3.05) is 12.4 Å². The van der Waals surface area contributed by atoms with Crippen molar-refractivity contribution in [3.63, 3.8) is 0 Å². The van der Waals surface area contributed by atoms with E-state index >= 15 is 0 Å². The first-order valence-corrected chi connectivity index (χ1v) is 9.24. The molecule has 25 heavy (non-hydrogen) atoms. The highest BCUT2D eigenvalue weighted by molar-refractivity contribution is 7.17. The second-order valence-corrected chi connectivity index (χ2v) is 7.38. The van der Waals surface area contributed by atoms with Gasteiger partial charge in [-0.3, -0.25) is 9.59 Å². The van der Waals surface area contributed by atoms with Gasteiger partial charge in [0.1, 0.15) is 10.8 Å². The summed E-state index contributed by atoms with van der Waals surface area (Å²) in [6.07, 6.45) is 3.97. The average Bonchev–Trinajstić information content (AvgIpc) is 2.98. The number of fused-ring (bicyclic) bond motifs is 1. The minimum absolute atomic E-state index is 0.271. The predicted molar refractivity (Wildman–Crippen MR) is 99.6 cm³/mol. The molecule has 0 bridgehead atoms. The van der Waals surface area contributed by atoms with Gasteiger partial charge in [-0.2, -0.15) is 0 Å². The lowest BCUT2D eigenvalue weighted by Gasteiger charge is -2.20. The molecule has 0 spiro atoms. The molecule has 0 aliphatic heterocycles. The predicted octanol–water partition coefficient (Wildman–Crippen LogP) is 3.62. The fourth-order valence-corrected chi connectivity index (χ4v) is 4.65. The van der Waals surface area contributed by atoms with E-state index in [1.807, 2.05) is 0 Å². The lowest BCUT2D eigenvalue weighted by atomic mass is 9.85. The van der Waals surface area contributed by atoms with E-state index in [1.54, 1.807) is 31.4 Å². The molecule has 0 fully saturated rings. The Morgan fingerprint density at radius 1 is 1.40 bits per heavy atom. The lowest BCUT2D eigenvalue weighted by Crippen LogP contribution is -2.19. The van der Waals surface area contributed by atoms with Crippen LogP contribution in [0.25, 0.3) is 0 Å². The Balaban J connectivity index is 1.90. The SMILES string of the molecule is CC[C@@H]1CCc2c(sc(NC(=O)c3cccc(OC)c3)c2C(N)=O)C1. The number of hydrogen-bond acceptors (Lipinski definition) is 4. The zero-order chi connectivity index (χ0) is 18.0. The lowest BCUT2D eigenvalue weighted by molar-refractivity contribution is 0.1000. The van der Waals surface area contributed by atoms with E-state index in [0.29, 0.717) is 27.8 Å². The van der Waals surface area contributed by atoms with Crippen molar-refractivity contribution >= 4 is 28.2 Å². The van der Waals surface area contributed by atoms with E-state index in [4.69, 9.17) is 10.5 Å². The van der Waals surface area contributed by atoms with Crippen LogP contribution in [0.4, 0.5) is 5.00 Å². The normalized spacial score (nSPS) is 16.2. The molecule has 6 heteroatoms. The molecule has 1 aliphatic carbocycles. The average molecular weight is 358 g/mol. The van der Waals surface area contributed by atoms with Gasteiger partial charge in [-0.25, -0.2) is 0 Å². The van der Waals surface area contributed by atoms with E-state index in [2.05, 4.69) is 12.2 Å². The first kappa shape index (κ1) is 17.5. The molecule has 1 aromatic heterocycles. The summed E-state index contributed by atoms with van der Waals surface area (Å²) in [5.74, 6) is 0.494. The Morgan fingerprint density at radius 2 is 2.20 bits per heavy atom. The number of anilines is 1. The number of methoxy groups -OCH3 is 1. The molecule has 3 N–H and O–H groups in total. The zero-order valence-electron chi connectivity index (χ0n) is 14.4. The summed E-state index contributed by atoms with van der Waals surface area (Å²) in [6.45, 7) is 2.18. The van der Waals surface area contributed by atoms with Gasteiger partial charge < -0.3 is 15.8 Å². The smallest absolute Gasteiger partial charge is 0.256 e. The number of carbonyl (C=O) groups excluding carboxylic acids is 2. The topological polar surface area (TPSA) is 81.4 Å². The summed E-state index contributed by atoms with van der Waals surface area (Å²) < 4.78 is 5.16. The number of ether oxygens (including phenoxy) is 1. The molecule has 0 unspecified atom stereocenters. The highest BCUT2D eigenvalue weighted by atomic mass is 32.1. The fraction of sp³-hybridized carbons (Fsp3) is 0.368. The van der Waals surface area contributed by atoms with Gasteiger partial charge in [0, 0.05) is 10.4 Å². The van der Waals surface area contributed by atoms with Gasteiger partial charge in [0.15, 0.2) is 0 Å².